The van der Waals surface area contributed by atoms with Crippen LogP contribution in [0.4, 0.5) is 0 Å². The first-order chi connectivity index (χ1) is 16.3. The molecule has 5 amide bonds. The molecule has 15 nitrogen and oxygen atoms in total. The number of carbonyl (C=O) groups excluding carboxylic acids is 5. The average molecular weight is 497 g/mol. The molecule has 11 N–H and O–H groups in total. The number of carbonyl (C=O) groups is 6. The van der Waals surface area contributed by atoms with Gasteiger partial charge in [0.05, 0.1) is 18.8 Å². The van der Waals surface area contributed by atoms with E-state index in [9.17, 15) is 33.9 Å². The predicted molar refractivity (Wildman–Crippen MR) is 121 cm³/mol. The van der Waals surface area contributed by atoms with E-state index in [1.165, 1.54) is 12.5 Å². The van der Waals surface area contributed by atoms with Gasteiger partial charge in [-0.1, -0.05) is 13.8 Å². The molecular weight excluding hydrogens is 464 g/mol. The van der Waals surface area contributed by atoms with Gasteiger partial charge >= 0.3 is 5.97 Å². The Kier molecular flexibility index (Phi) is 11.3. The summed E-state index contributed by atoms with van der Waals surface area (Å²) in [7, 11) is 0. The minimum absolute atomic E-state index is 0.0519. The zero-order valence-corrected chi connectivity index (χ0v) is 19.4. The minimum Gasteiger partial charge on any atom is -0.480 e. The second-order valence-corrected chi connectivity index (χ2v) is 8.25. The highest BCUT2D eigenvalue weighted by molar-refractivity contribution is 5.95. The molecule has 0 aromatic carbocycles. The molecule has 0 bridgehead atoms. The van der Waals surface area contributed by atoms with Crippen molar-refractivity contribution < 1.29 is 33.9 Å². The Balaban J connectivity index is 3.01. The quantitative estimate of drug-likeness (QED) is 0.120. The molecule has 194 valence electrons. The molecule has 0 fully saturated rings. The number of nitrogens with zero attached hydrogens (tertiary/aromatic N) is 1. The van der Waals surface area contributed by atoms with Crippen molar-refractivity contribution in [3.05, 3.63) is 18.2 Å². The summed E-state index contributed by atoms with van der Waals surface area (Å²) in [6, 6.07) is -5.10. The topological polar surface area (TPSA) is 265 Å². The number of hydrogen-bond acceptors (Lipinski definition) is 8. The molecule has 4 unspecified atom stereocenters. The fourth-order valence-electron chi connectivity index (χ4n) is 3.01. The van der Waals surface area contributed by atoms with E-state index in [1.54, 1.807) is 13.8 Å². The van der Waals surface area contributed by atoms with Crippen molar-refractivity contribution in [1.29, 1.82) is 0 Å². The maximum atomic E-state index is 13.1. The fraction of sp³-hybridized carbons (Fsp3) is 0.550. The second-order valence-electron chi connectivity index (χ2n) is 8.25. The summed E-state index contributed by atoms with van der Waals surface area (Å²) in [5.74, 6) is -5.77. The van der Waals surface area contributed by atoms with Gasteiger partial charge in [0.25, 0.3) is 0 Å². The van der Waals surface area contributed by atoms with Crippen molar-refractivity contribution >= 4 is 35.5 Å². The van der Waals surface area contributed by atoms with Crippen LogP contribution in [0.5, 0.6) is 0 Å². The molecule has 0 aliphatic rings. The normalized spacial score (nSPS) is 14.3. The van der Waals surface area contributed by atoms with Gasteiger partial charge in [0.15, 0.2) is 0 Å². The lowest BCUT2D eigenvalue weighted by Gasteiger charge is -2.27. The predicted octanol–water partition coefficient (Wildman–Crippen LogP) is -3.38. The van der Waals surface area contributed by atoms with E-state index < -0.39 is 72.0 Å². The van der Waals surface area contributed by atoms with Gasteiger partial charge in [-0.25, -0.2) is 9.78 Å². The van der Waals surface area contributed by atoms with E-state index in [1.807, 2.05) is 0 Å². The van der Waals surface area contributed by atoms with Crippen LogP contribution < -0.4 is 33.2 Å². The van der Waals surface area contributed by atoms with Crippen molar-refractivity contribution in [3.8, 4) is 0 Å². The molecule has 1 rings (SSSR count). The standard InChI is InChI=1S/C20H32N8O7/c1-9(2)16(19(33)26-12(20(34)35)3-4-14(22)29)28-18(32)13(5-10-7-24-8-25-10)27-17(31)11(21)6-15(23)30/h7-9,11-13,16H,3-6,21H2,1-2H3,(H2,22,29)(H2,23,30)(H,24,25)(H,26,33)(H,27,31)(H,28,32)(H,34,35). The number of carboxylic acid groups (broad SMARTS) is 1. The van der Waals surface area contributed by atoms with Crippen molar-refractivity contribution in [1.82, 2.24) is 25.9 Å². The van der Waals surface area contributed by atoms with Gasteiger partial charge in [-0.3, -0.25) is 24.0 Å². The first-order valence-corrected chi connectivity index (χ1v) is 10.7. The molecule has 0 aliphatic carbocycles. The number of nitrogens with one attached hydrogen (secondary N) is 4. The number of aliphatic carboxylic acids is 1. The lowest BCUT2D eigenvalue weighted by Crippen LogP contribution is -2.59. The molecule has 4 atom stereocenters. The third-order valence-corrected chi connectivity index (χ3v) is 4.91. The van der Waals surface area contributed by atoms with Gasteiger partial charge in [-0.15, -0.1) is 0 Å². The van der Waals surface area contributed by atoms with E-state index >= 15 is 0 Å². The number of amides is 5. The smallest absolute Gasteiger partial charge is 0.326 e. The van der Waals surface area contributed by atoms with Crippen LogP contribution in [-0.2, 0) is 35.2 Å². The summed E-state index contributed by atoms with van der Waals surface area (Å²) < 4.78 is 0. The number of aromatic nitrogens is 2. The van der Waals surface area contributed by atoms with Crippen molar-refractivity contribution in [2.75, 3.05) is 0 Å². The van der Waals surface area contributed by atoms with E-state index in [-0.39, 0.29) is 19.3 Å². The highest BCUT2D eigenvalue weighted by Gasteiger charge is 2.32. The molecule has 0 spiro atoms. The lowest BCUT2D eigenvalue weighted by atomic mass is 10.0. The van der Waals surface area contributed by atoms with Gasteiger partial charge in [0.1, 0.15) is 18.1 Å². The first-order valence-electron chi connectivity index (χ1n) is 10.7. The fourth-order valence-corrected chi connectivity index (χ4v) is 3.01. The average Bonchev–Trinajstić information content (AvgIpc) is 3.26. The summed E-state index contributed by atoms with van der Waals surface area (Å²) in [5, 5.41) is 16.5. The van der Waals surface area contributed by atoms with Gasteiger partial charge in [-0.05, 0) is 12.3 Å². The molecule has 0 saturated carbocycles. The Bertz CT molecular complexity index is 919. The third-order valence-electron chi connectivity index (χ3n) is 4.91. The van der Waals surface area contributed by atoms with E-state index in [2.05, 4.69) is 25.9 Å². The molecule has 1 aromatic rings. The number of aromatic amines is 1. The number of rotatable bonds is 15. The van der Waals surface area contributed by atoms with Crippen LogP contribution in [0, 0.1) is 5.92 Å². The Morgan fingerprint density at radius 3 is 2.09 bits per heavy atom. The molecule has 35 heavy (non-hydrogen) atoms. The van der Waals surface area contributed by atoms with Gasteiger partial charge in [-0.2, -0.15) is 0 Å². The van der Waals surface area contributed by atoms with Gasteiger partial charge in [0, 0.05) is 24.7 Å². The molecule has 1 heterocycles. The number of nitrogens with two attached hydrogens (primary N) is 3. The van der Waals surface area contributed by atoms with Crippen LogP contribution in [0.2, 0.25) is 0 Å². The number of primary amides is 2. The Morgan fingerprint density at radius 1 is 0.971 bits per heavy atom. The van der Waals surface area contributed by atoms with Crippen LogP contribution in [-0.4, -0.2) is 74.7 Å². The number of imidazole rings is 1. The maximum absolute atomic E-state index is 13.1. The number of carboxylic acids is 1. The van der Waals surface area contributed by atoms with E-state index in [4.69, 9.17) is 17.2 Å². The van der Waals surface area contributed by atoms with Gasteiger partial charge < -0.3 is 43.2 Å². The van der Waals surface area contributed by atoms with Crippen LogP contribution in [0.1, 0.15) is 38.8 Å². The molecule has 0 aliphatic heterocycles. The first kappa shape index (κ1) is 29.0. The molecule has 0 saturated heterocycles. The second kappa shape index (κ2) is 13.6. The molecule has 1 aromatic heterocycles. The van der Waals surface area contributed by atoms with E-state index in [0.29, 0.717) is 5.69 Å². The molecular formula is C20H32N8O7. The largest absolute Gasteiger partial charge is 0.480 e. The van der Waals surface area contributed by atoms with Crippen molar-refractivity contribution in [2.45, 2.75) is 63.7 Å². The highest BCUT2D eigenvalue weighted by Crippen LogP contribution is 2.07. The van der Waals surface area contributed by atoms with Crippen LogP contribution in [0.3, 0.4) is 0 Å². The zero-order chi connectivity index (χ0) is 26.7. The van der Waals surface area contributed by atoms with Crippen molar-refractivity contribution in [3.63, 3.8) is 0 Å². The highest BCUT2D eigenvalue weighted by atomic mass is 16.4. The number of hydrogen-bond donors (Lipinski definition) is 8. The molecule has 15 heteroatoms. The summed E-state index contributed by atoms with van der Waals surface area (Å²) in [6.07, 6.45) is 1.81. The Morgan fingerprint density at radius 2 is 1.60 bits per heavy atom. The third kappa shape index (κ3) is 10.2. The summed E-state index contributed by atoms with van der Waals surface area (Å²) in [4.78, 5) is 78.4. The summed E-state index contributed by atoms with van der Waals surface area (Å²) >= 11 is 0. The van der Waals surface area contributed by atoms with Crippen LogP contribution in [0.25, 0.3) is 0 Å². The summed E-state index contributed by atoms with van der Waals surface area (Å²) in [5.41, 5.74) is 16.2. The monoisotopic (exact) mass is 496 g/mol. The SMILES string of the molecule is CC(C)C(NC(=O)C(Cc1cnc[nH]1)NC(=O)C(N)CC(N)=O)C(=O)NC(CCC(N)=O)C(=O)O. The minimum atomic E-state index is -1.40. The lowest BCUT2D eigenvalue weighted by molar-refractivity contribution is -0.143. The maximum Gasteiger partial charge on any atom is 0.326 e. The number of H-pyrrole nitrogens is 1. The Hall–Kier alpha value is -4.01. The molecule has 0 radical (unpaired) electrons. The van der Waals surface area contributed by atoms with Crippen LogP contribution in [0.15, 0.2) is 12.5 Å². The zero-order valence-electron chi connectivity index (χ0n) is 19.4. The van der Waals surface area contributed by atoms with Crippen molar-refractivity contribution in [2.24, 2.45) is 23.1 Å². The Labute approximate surface area is 200 Å². The van der Waals surface area contributed by atoms with Gasteiger partial charge in [0.2, 0.25) is 29.5 Å². The van der Waals surface area contributed by atoms with E-state index in [0.717, 1.165) is 0 Å². The van der Waals surface area contributed by atoms with Crippen LogP contribution >= 0.6 is 0 Å². The summed E-state index contributed by atoms with van der Waals surface area (Å²) in [6.45, 7) is 3.24.